The van der Waals surface area contributed by atoms with Crippen LogP contribution < -0.4 is 14.8 Å². The second kappa shape index (κ2) is 7.80. The van der Waals surface area contributed by atoms with E-state index in [4.69, 9.17) is 14.5 Å². The fourth-order valence-corrected chi connectivity index (χ4v) is 3.15. The van der Waals surface area contributed by atoms with Crippen LogP contribution in [0.15, 0.2) is 30.3 Å². The van der Waals surface area contributed by atoms with Gasteiger partial charge in [0.05, 0.1) is 18.7 Å². The third-order valence-corrected chi connectivity index (χ3v) is 4.48. The molecule has 3 rings (SSSR count). The minimum Gasteiger partial charge on any atom is -0.497 e. The van der Waals surface area contributed by atoms with Crippen LogP contribution in [-0.2, 0) is 13.5 Å². The van der Waals surface area contributed by atoms with Crippen molar-refractivity contribution in [1.82, 2.24) is 9.55 Å². The normalized spacial score (nSPS) is 11.1. The van der Waals surface area contributed by atoms with Crippen LogP contribution in [0.5, 0.6) is 11.5 Å². The monoisotopic (exact) mass is 383 g/mol. The van der Waals surface area contributed by atoms with Crippen LogP contribution >= 0.6 is 0 Å². The number of ether oxygens (including phenoxy) is 2. The summed E-state index contributed by atoms with van der Waals surface area (Å²) in [7, 11) is 3.34. The van der Waals surface area contributed by atoms with Crippen molar-refractivity contribution in [1.29, 1.82) is 0 Å². The van der Waals surface area contributed by atoms with Crippen molar-refractivity contribution in [2.45, 2.75) is 33.3 Å². The standard InChI is InChI=1S/C21H25N3O4/c1-6-13-10-16-17(19(28-12(2)3)18(21(25)26)24(16)4)23-20(13)22-14-8-7-9-15(11-14)27-5/h7-12H,6H2,1-5H3,(H,22,23)(H,25,26). The molecule has 0 unspecified atom stereocenters. The first-order valence-electron chi connectivity index (χ1n) is 9.19. The predicted molar refractivity (Wildman–Crippen MR) is 109 cm³/mol. The van der Waals surface area contributed by atoms with E-state index in [1.165, 1.54) is 0 Å². The summed E-state index contributed by atoms with van der Waals surface area (Å²) in [4.78, 5) is 16.6. The summed E-state index contributed by atoms with van der Waals surface area (Å²) >= 11 is 0. The number of carboxylic acid groups (broad SMARTS) is 1. The van der Waals surface area contributed by atoms with Gasteiger partial charge in [-0.05, 0) is 44.0 Å². The van der Waals surface area contributed by atoms with Gasteiger partial charge in [-0.1, -0.05) is 13.0 Å². The number of hydrogen-bond donors (Lipinski definition) is 2. The lowest BCUT2D eigenvalue weighted by Gasteiger charge is -2.13. The van der Waals surface area contributed by atoms with Crippen molar-refractivity contribution in [3.05, 3.63) is 41.6 Å². The third-order valence-electron chi connectivity index (χ3n) is 4.48. The highest BCUT2D eigenvalue weighted by Crippen LogP contribution is 2.35. The van der Waals surface area contributed by atoms with Crippen LogP contribution in [0.25, 0.3) is 11.0 Å². The summed E-state index contributed by atoms with van der Waals surface area (Å²) in [6, 6.07) is 9.53. The molecule has 0 aliphatic rings. The number of nitrogens with one attached hydrogen (secondary N) is 1. The van der Waals surface area contributed by atoms with Crippen molar-refractivity contribution in [3.63, 3.8) is 0 Å². The molecule has 2 N–H and O–H groups in total. The van der Waals surface area contributed by atoms with E-state index in [2.05, 4.69) is 5.32 Å². The SMILES string of the molecule is CCc1cc2c(nc1Nc1cccc(OC)c1)c(OC(C)C)c(C(=O)O)n2C. The van der Waals surface area contributed by atoms with Crippen LogP contribution in [0.4, 0.5) is 11.5 Å². The van der Waals surface area contributed by atoms with Crippen molar-refractivity contribution >= 4 is 28.5 Å². The Labute approximate surface area is 163 Å². The Kier molecular flexibility index (Phi) is 5.44. The third kappa shape index (κ3) is 3.60. The number of nitrogens with zero attached hydrogens (tertiary/aromatic N) is 2. The lowest BCUT2D eigenvalue weighted by Crippen LogP contribution is -2.11. The highest BCUT2D eigenvalue weighted by molar-refractivity contribution is 6.00. The van der Waals surface area contributed by atoms with Gasteiger partial charge in [-0.15, -0.1) is 0 Å². The Morgan fingerprint density at radius 1 is 1.32 bits per heavy atom. The van der Waals surface area contributed by atoms with Crippen LogP contribution in [0.2, 0.25) is 0 Å². The summed E-state index contributed by atoms with van der Waals surface area (Å²) in [6.07, 6.45) is 0.564. The number of anilines is 2. The maximum atomic E-state index is 11.8. The second-order valence-electron chi connectivity index (χ2n) is 6.78. The van der Waals surface area contributed by atoms with E-state index in [0.717, 1.165) is 28.9 Å². The molecule has 0 aliphatic heterocycles. The summed E-state index contributed by atoms with van der Waals surface area (Å²) < 4.78 is 12.7. The molecule has 0 amide bonds. The minimum atomic E-state index is -1.04. The molecule has 2 aromatic heterocycles. The van der Waals surface area contributed by atoms with Crippen molar-refractivity contribution in [2.24, 2.45) is 7.05 Å². The van der Waals surface area contributed by atoms with Crippen LogP contribution in [0, 0.1) is 0 Å². The maximum Gasteiger partial charge on any atom is 0.356 e. The number of hydrogen-bond acceptors (Lipinski definition) is 5. The van der Waals surface area contributed by atoms with Gasteiger partial charge in [-0.3, -0.25) is 0 Å². The van der Waals surface area contributed by atoms with Gasteiger partial charge < -0.3 is 24.5 Å². The van der Waals surface area contributed by atoms with Gasteiger partial charge in [0.1, 0.15) is 17.1 Å². The fourth-order valence-electron chi connectivity index (χ4n) is 3.15. The molecule has 0 fully saturated rings. The molecule has 0 bridgehead atoms. The first kappa shape index (κ1) is 19.5. The number of rotatable bonds is 7. The lowest BCUT2D eigenvalue weighted by atomic mass is 10.1. The number of carbonyl (C=O) groups is 1. The van der Waals surface area contributed by atoms with Gasteiger partial charge in [0.25, 0.3) is 0 Å². The zero-order valence-electron chi connectivity index (χ0n) is 16.7. The average molecular weight is 383 g/mol. The van der Waals surface area contributed by atoms with Crippen LogP contribution in [-0.4, -0.2) is 33.8 Å². The number of carboxylic acids is 1. The Morgan fingerprint density at radius 3 is 2.68 bits per heavy atom. The minimum absolute atomic E-state index is 0.0942. The first-order valence-corrected chi connectivity index (χ1v) is 9.19. The number of methoxy groups -OCH3 is 1. The molecular formula is C21H25N3O4. The molecular weight excluding hydrogens is 358 g/mol. The van der Waals surface area contributed by atoms with Gasteiger partial charge in [0.15, 0.2) is 11.4 Å². The first-order chi connectivity index (χ1) is 13.3. The number of aryl methyl sites for hydroxylation is 2. The number of fused-ring (bicyclic) bond motifs is 1. The number of benzene rings is 1. The van der Waals surface area contributed by atoms with Gasteiger partial charge in [0, 0.05) is 18.8 Å². The Bertz CT molecular complexity index is 1020. The molecule has 148 valence electrons. The van der Waals surface area contributed by atoms with Crippen LogP contribution in [0.3, 0.4) is 0 Å². The fraction of sp³-hybridized carbons (Fsp3) is 0.333. The Hall–Kier alpha value is -3.22. The topological polar surface area (TPSA) is 85.6 Å². The summed E-state index contributed by atoms with van der Waals surface area (Å²) in [5.74, 6) is 0.646. The van der Waals surface area contributed by atoms with Gasteiger partial charge in [0.2, 0.25) is 0 Å². The average Bonchev–Trinajstić information content (AvgIpc) is 2.92. The van der Waals surface area contributed by atoms with E-state index in [9.17, 15) is 9.90 Å². The molecule has 7 nitrogen and oxygen atoms in total. The van der Waals surface area contributed by atoms with E-state index in [0.29, 0.717) is 11.3 Å². The summed E-state index contributed by atoms with van der Waals surface area (Å²) in [5.41, 5.74) is 3.15. The van der Waals surface area contributed by atoms with Crippen LogP contribution in [0.1, 0.15) is 36.8 Å². The molecule has 2 heterocycles. The largest absolute Gasteiger partial charge is 0.497 e. The summed E-state index contributed by atoms with van der Waals surface area (Å²) in [5, 5.41) is 13.0. The molecule has 0 saturated carbocycles. The Morgan fingerprint density at radius 2 is 2.07 bits per heavy atom. The zero-order chi connectivity index (χ0) is 20.4. The number of aromatic carboxylic acids is 1. The van der Waals surface area contributed by atoms with E-state index in [1.807, 2.05) is 51.1 Å². The molecule has 7 heteroatoms. The molecule has 0 radical (unpaired) electrons. The highest BCUT2D eigenvalue weighted by atomic mass is 16.5. The van der Waals surface area contributed by atoms with E-state index in [1.54, 1.807) is 18.7 Å². The van der Waals surface area contributed by atoms with E-state index in [-0.39, 0.29) is 17.5 Å². The molecule has 1 aromatic carbocycles. The maximum absolute atomic E-state index is 11.8. The highest BCUT2D eigenvalue weighted by Gasteiger charge is 2.25. The lowest BCUT2D eigenvalue weighted by molar-refractivity contribution is 0.0680. The zero-order valence-corrected chi connectivity index (χ0v) is 16.7. The molecule has 28 heavy (non-hydrogen) atoms. The molecule has 0 aliphatic carbocycles. The van der Waals surface area contributed by atoms with Crippen molar-refractivity contribution < 1.29 is 19.4 Å². The molecule has 0 spiro atoms. The van der Waals surface area contributed by atoms with Crippen molar-refractivity contribution in [2.75, 3.05) is 12.4 Å². The van der Waals surface area contributed by atoms with E-state index < -0.39 is 5.97 Å². The smallest absolute Gasteiger partial charge is 0.356 e. The second-order valence-corrected chi connectivity index (χ2v) is 6.78. The summed E-state index contributed by atoms with van der Waals surface area (Å²) in [6.45, 7) is 5.76. The molecule has 0 saturated heterocycles. The van der Waals surface area contributed by atoms with Gasteiger partial charge in [-0.2, -0.15) is 0 Å². The molecule has 3 aromatic rings. The Balaban J connectivity index is 2.19. The predicted octanol–water partition coefficient (Wildman–Crippen LogP) is 4.37. The van der Waals surface area contributed by atoms with Gasteiger partial charge in [-0.25, -0.2) is 9.78 Å². The van der Waals surface area contributed by atoms with Crippen molar-refractivity contribution in [3.8, 4) is 11.5 Å². The number of aromatic nitrogens is 2. The quantitative estimate of drug-likeness (QED) is 0.630. The van der Waals surface area contributed by atoms with Gasteiger partial charge >= 0.3 is 5.97 Å². The number of pyridine rings is 1. The molecule has 0 atom stereocenters. The van der Waals surface area contributed by atoms with E-state index >= 15 is 0 Å².